The van der Waals surface area contributed by atoms with Gasteiger partial charge in [-0.2, -0.15) is 10.5 Å². The van der Waals surface area contributed by atoms with Crippen LogP contribution in [0.2, 0.25) is 0 Å². The van der Waals surface area contributed by atoms with E-state index in [9.17, 15) is 9.59 Å². The number of carbonyl (C=O) groups excluding carboxylic acids is 2. The quantitative estimate of drug-likeness (QED) is 0.320. The third-order valence-corrected chi connectivity index (χ3v) is 6.07. The molecule has 4 rings (SSSR count). The van der Waals surface area contributed by atoms with Gasteiger partial charge in [0.25, 0.3) is 0 Å². The molecule has 0 radical (unpaired) electrons. The second-order valence-electron chi connectivity index (χ2n) is 8.87. The van der Waals surface area contributed by atoms with Crippen LogP contribution in [0.4, 0.5) is 9.59 Å². The molecule has 1 aliphatic rings. The van der Waals surface area contributed by atoms with Gasteiger partial charge in [-0.25, -0.2) is 19.3 Å². The molecule has 0 saturated carbocycles. The first-order valence-electron chi connectivity index (χ1n) is 12.5. The minimum absolute atomic E-state index is 0.101. The normalized spacial score (nSPS) is 18.8. The van der Waals surface area contributed by atoms with Crippen LogP contribution in [-0.2, 0) is 32.4 Å². The van der Waals surface area contributed by atoms with E-state index in [2.05, 4.69) is 5.48 Å². The van der Waals surface area contributed by atoms with Crippen LogP contribution in [-0.4, -0.2) is 23.0 Å². The summed E-state index contributed by atoms with van der Waals surface area (Å²) in [7, 11) is 0. The third kappa shape index (κ3) is 7.31. The molecular weight excluding hydrogens is 472 g/mol. The number of hydroxylamine groups is 3. The smallest absolute Gasteiger partial charge is 0.434 e. The van der Waals surface area contributed by atoms with Gasteiger partial charge in [-0.05, 0) is 23.1 Å². The van der Waals surface area contributed by atoms with Crippen LogP contribution in [0.15, 0.2) is 91.0 Å². The Labute approximate surface area is 217 Å². The third-order valence-electron chi connectivity index (χ3n) is 6.07. The number of nitrogens with zero attached hydrogens (tertiary/aromatic N) is 1. The molecule has 1 aliphatic heterocycles. The molecule has 0 aliphatic carbocycles. The van der Waals surface area contributed by atoms with E-state index in [1.165, 1.54) is 5.06 Å². The van der Waals surface area contributed by atoms with Crippen molar-refractivity contribution in [2.75, 3.05) is 0 Å². The van der Waals surface area contributed by atoms with Gasteiger partial charge in [-0.1, -0.05) is 104 Å². The van der Waals surface area contributed by atoms with Gasteiger partial charge < -0.3 is 9.47 Å². The van der Waals surface area contributed by atoms with Crippen molar-refractivity contribution in [3.05, 3.63) is 108 Å². The average Bonchev–Trinajstić information content (AvgIpc) is 3.34. The topological polar surface area (TPSA) is 86.3 Å². The zero-order valence-corrected chi connectivity index (χ0v) is 20.9. The molecule has 2 amide bonds. The highest BCUT2D eigenvalue weighted by Crippen LogP contribution is 2.44. The first-order valence-corrected chi connectivity index (χ1v) is 12.5. The lowest BCUT2D eigenvalue weighted by Crippen LogP contribution is -2.42. The Morgan fingerprint density at radius 1 is 0.892 bits per heavy atom. The minimum Gasteiger partial charge on any atom is -0.443 e. The Hall–Kier alpha value is -3.88. The van der Waals surface area contributed by atoms with E-state index >= 15 is 0 Å². The molecular formula is C29H32N2O6. The van der Waals surface area contributed by atoms with Crippen molar-refractivity contribution in [1.82, 2.24) is 10.5 Å². The van der Waals surface area contributed by atoms with Crippen LogP contribution in [0.25, 0.3) is 0 Å². The standard InChI is InChI=1S/C29H32N2O6/c1-2-3-19-29(36-30-27(32)34-21-23-13-7-4-8-14-23)20-26(25-17-11-6-12-18-25)31(37-29)28(33)35-22-24-15-9-5-10-16-24/h4-18,26H,2-3,19-22H2,1H3,(H,30,32). The van der Waals surface area contributed by atoms with Crippen LogP contribution in [0, 0.1) is 0 Å². The lowest BCUT2D eigenvalue weighted by atomic mass is 9.97. The number of ether oxygens (including phenoxy) is 2. The molecule has 2 unspecified atom stereocenters. The molecule has 1 N–H and O–H groups in total. The van der Waals surface area contributed by atoms with Crippen LogP contribution in [0.5, 0.6) is 0 Å². The SMILES string of the molecule is CCCCC1(ONC(=O)OCc2ccccc2)CC(c2ccccc2)N(C(=O)OCc2ccccc2)O1. The highest BCUT2D eigenvalue weighted by atomic mass is 16.9. The second kappa shape index (κ2) is 12.9. The number of unbranched alkanes of at least 4 members (excludes halogenated alkanes) is 1. The Morgan fingerprint density at radius 3 is 2.05 bits per heavy atom. The van der Waals surface area contributed by atoms with Gasteiger partial charge in [0, 0.05) is 12.8 Å². The van der Waals surface area contributed by atoms with Crippen molar-refractivity contribution < 1.29 is 28.7 Å². The van der Waals surface area contributed by atoms with Crippen molar-refractivity contribution >= 4 is 12.2 Å². The van der Waals surface area contributed by atoms with E-state index < -0.39 is 24.0 Å². The summed E-state index contributed by atoms with van der Waals surface area (Å²) in [5, 5.41) is 1.21. The zero-order valence-electron chi connectivity index (χ0n) is 20.9. The van der Waals surface area contributed by atoms with Crippen molar-refractivity contribution in [3.8, 4) is 0 Å². The summed E-state index contributed by atoms with van der Waals surface area (Å²) in [5.74, 6) is -1.27. The number of rotatable bonds is 10. The molecule has 0 spiro atoms. The van der Waals surface area contributed by atoms with Gasteiger partial charge in [0.15, 0.2) is 0 Å². The minimum atomic E-state index is -1.27. The first kappa shape index (κ1) is 26.2. The number of carbonyl (C=O) groups is 2. The number of hydrogen-bond acceptors (Lipinski definition) is 6. The fourth-order valence-electron chi connectivity index (χ4n) is 4.13. The van der Waals surface area contributed by atoms with E-state index in [-0.39, 0.29) is 13.2 Å². The van der Waals surface area contributed by atoms with E-state index in [1.54, 1.807) is 0 Å². The molecule has 2 atom stereocenters. The fourth-order valence-corrected chi connectivity index (χ4v) is 4.13. The van der Waals surface area contributed by atoms with Crippen molar-refractivity contribution in [3.63, 3.8) is 0 Å². The summed E-state index contributed by atoms with van der Waals surface area (Å²) in [6, 6.07) is 27.9. The highest BCUT2D eigenvalue weighted by Gasteiger charge is 2.51. The predicted octanol–water partition coefficient (Wildman–Crippen LogP) is 6.45. The second-order valence-corrected chi connectivity index (χ2v) is 8.87. The van der Waals surface area contributed by atoms with Crippen molar-refractivity contribution in [2.24, 2.45) is 0 Å². The highest BCUT2D eigenvalue weighted by molar-refractivity contribution is 5.67. The largest absolute Gasteiger partial charge is 0.443 e. The summed E-state index contributed by atoms with van der Waals surface area (Å²) < 4.78 is 10.8. The van der Waals surface area contributed by atoms with E-state index in [4.69, 9.17) is 19.1 Å². The Balaban J connectivity index is 1.46. The fraction of sp³-hybridized carbons (Fsp3) is 0.310. The number of amides is 2. The van der Waals surface area contributed by atoms with Gasteiger partial charge in [-0.3, -0.25) is 0 Å². The molecule has 0 bridgehead atoms. The Bertz CT molecular complexity index is 1130. The molecule has 8 heteroatoms. The van der Waals surface area contributed by atoms with Gasteiger partial charge >= 0.3 is 12.2 Å². The monoisotopic (exact) mass is 504 g/mol. The van der Waals surface area contributed by atoms with Crippen LogP contribution in [0.1, 0.15) is 55.3 Å². The van der Waals surface area contributed by atoms with Gasteiger partial charge in [0.2, 0.25) is 5.79 Å². The molecule has 1 saturated heterocycles. The predicted molar refractivity (Wildman–Crippen MR) is 136 cm³/mol. The molecule has 194 valence electrons. The molecule has 1 heterocycles. The lowest BCUT2D eigenvalue weighted by molar-refractivity contribution is -0.310. The zero-order chi connectivity index (χ0) is 25.9. The van der Waals surface area contributed by atoms with Crippen molar-refractivity contribution in [1.29, 1.82) is 0 Å². The van der Waals surface area contributed by atoms with Crippen LogP contribution in [0.3, 0.4) is 0 Å². The van der Waals surface area contributed by atoms with E-state index in [0.717, 1.165) is 29.5 Å². The molecule has 3 aromatic rings. The van der Waals surface area contributed by atoms with Gasteiger partial charge in [0.1, 0.15) is 13.2 Å². The van der Waals surface area contributed by atoms with Crippen molar-refractivity contribution in [2.45, 2.75) is 57.6 Å². The number of benzene rings is 3. The maximum atomic E-state index is 13.2. The maximum absolute atomic E-state index is 13.2. The lowest BCUT2D eigenvalue weighted by Gasteiger charge is -2.27. The number of hydrogen-bond donors (Lipinski definition) is 1. The summed E-state index contributed by atoms with van der Waals surface area (Å²) in [4.78, 5) is 37.6. The van der Waals surface area contributed by atoms with Gasteiger partial charge in [0.05, 0.1) is 6.04 Å². The van der Waals surface area contributed by atoms with E-state index in [1.807, 2.05) is 97.9 Å². The maximum Gasteiger partial charge on any atom is 0.434 e. The number of nitrogens with one attached hydrogen (secondary N) is 1. The van der Waals surface area contributed by atoms with Crippen LogP contribution < -0.4 is 5.48 Å². The average molecular weight is 505 g/mol. The first-order chi connectivity index (χ1) is 18.1. The van der Waals surface area contributed by atoms with E-state index in [0.29, 0.717) is 12.8 Å². The molecule has 37 heavy (non-hydrogen) atoms. The summed E-state index contributed by atoms with van der Waals surface area (Å²) in [6.07, 6.45) is 1.01. The molecule has 0 aromatic heterocycles. The Morgan fingerprint density at radius 2 is 1.46 bits per heavy atom. The molecule has 3 aromatic carbocycles. The summed E-state index contributed by atoms with van der Waals surface area (Å²) in [5.41, 5.74) is 4.95. The molecule has 1 fully saturated rings. The Kier molecular flexibility index (Phi) is 9.13. The molecule has 8 nitrogen and oxygen atoms in total. The summed E-state index contributed by atoms with van der Waals surface area (Å²) >= 11 is 0. The summed E-state index contributed by atoms with van der Waals surface area (Å²) in [6.45, 7) is 2.25. The van der Waals surface area contributed by atoms with Crippen LogP contribution >= 0.6 is 0 Å². The van der Waals surface area contributed by atoms with Gasteiger partial charge in [-0.15, -0.1) is 0 Å².